The molecular weight excluding hydrogens is 545 g/mol. The van der Waals surface area contributed by atoms with Gasteiger partial charge in [0.2, 0.25) is 0 Å². The van der Waals surface area contributed by atoms with Crippen LogP contribution < -0.4 is 9.47 Å². The first kappa shape index (κ1) is 28.8. The molecule has 0 radical (unpaired) electrons. The maximum Gasteiger partial charge on any atom is 0.162 e. The summed E-state index contributed by atoms with van der Waals surface area (Å²) in [4.78, 5) is 29.7. The van der Waals surface area contributed by atoms with Crippen molar-refractivity contribution in [2.24, 2.45) is 10.8 Å². The number of benzene rings is 2. The van der Waals surface area contributed by atoms with Crippen molar-refractivity contribution >= 4 is 34.8 Å². The second kappa shape index (κ2) is 10.6. The van der Waals surface area contributed by atoms with E-state index in [1.165, 1.54) is 0 Å². The molecule has 212 valence electrons. The lowest BCUT2D eigenvalue weighted by molar-refractivity contribution is -0.119. The molecule has 0 saturated heterocycles. The highest BCUT2D eigenvalue weighted by Gasteiger charge is 2.48. The van der Waals surface area contributed by atoms with Crippen molar-refractivity contribution in [1.29, 1.82) is 0 Å². The molecule has 0 unspecified atom stereocenters. The second-order valence-electron chi connectivity index (χ2n) is 12.8. The lowest BCUT2D eigenvalue weighted by Gasteiger charge is -2.47. The molecule has 5 rings (SSSR count). The van der Waals surface area contributed by atoms with E-state index in [-0.39, 0.29) is 29.0 Å². The molecular formula is C33H37Cl2NO4. The van der Waals surface area contributed by atoms with Gasteiger partial charge >= 0.3 is 0 Å². The second-order valence-corrected chi connectivity index (χ2v) is 13.6. The third-order valence-corrected chi connectivity index (χ3v) is 8.90. The number of ether oxygens (including phenoxy) is 2. The van der Waals surface area contributed by atoms with Crippen molar-refractivity contribution in [2.75, 3.05) is 13.7 Å². The number of halogens is 2. The number of hydrogen-bond acceptors (Lipinski definition) is 5. The summed E-state index contributed by atoms with van der Waals surface area (Å²) in [5.74, 6) is 0.975. The van der Waals surface area contributed by atoms with E-state index in [9.17, 15) is 9.59 Å². The third-order valence-electron chi connectivity index (χ3n) is 8.16. The Balaban J connectivity index is 1.59. The fourth-order valence-electron chi connectivity index (χ4n) is 6.38. The monoisotopic (exact) mass is 581 g/mol. The van der Waals surface area contributed by atoms with Crippen molar-refractivity contribution in [1.82, 2.24) is 4.90 Å². The molecule has 1 heterocycles. The van der Waals surface area contributed by atoms with Crippen LogP contribution in [-0.2, 0) is 16.2 Å². The third kappa shape index (κ3) is 5.43. The zero-order valence-electron chi connectivity index (χ0n) is 24.1. The Morgan fingerprint density at radius 3 is 1.95 bits per heavy atom. The van der Waals surface area contributed by atoms with Crippen molar-refractivity contribution in [3.05, 3.63) is 80.1 Å². The molecule has 2 aliphatic carbocycles. The fraction of sp³-hybridized carbons (Fsp3) is 0.455. The summed E-state index contributed by atoms with van der Waals surface area (Å²) in [6, 6.07) is 11.2. The number of Topliss-reactive ketones (excluding diaryl/α,β-unsaturated/α-hetero) is 2. The van der Waals surface area contributed by atoms with E-state index < -0.39 is 5.92 Å². The minimum atomic E-state index is -0.420. The number of carbonyl (C=O) groups is 2. The first-order chi connectivity index (χ1) is 18.8. The maximum atomic E-state index is 13.8. The van der Waals surface area contributed by atoms with Gasteiger partial charge in [0, 0.05) is 48.3 Å². The first-order valence-electron chi connectivity index (χ1n) is 13.9. The minimum Gasteiger partial charge on any atom is -0.490 e. The molecule has 0 fully saturated rings. The van der Waals surface area contributed by atoms with Gasteiger partial charge in [0.1, 0.15) is 6.61 Å². The molecule has 0 amide bonds. The smallest absolute Gasteiger partial charge is 0.162 e. The van der Waals surface area contributed by atoms with Crippen LogP contribution in [0.2, 0.25) is 10.0 Å². The van der Waals surface area contributed by atoms with Crippen LogP contribution in [0, 0.1) is 10.8 Å². The van der Waals surface area contributed by atoms with Gasteiger partial charge in [0.25, 0.3) is 0 Å². The number of carbonyl (C=O) groups excluding carboxylic acids is 2. The molecule has 7 heteroatoms. The summed E-state index contributed by atoms with van der Waals surface area (Å²) < 4.78 is 12.2. The fourth-order valence-corrected chi connectivity index (χ4v) is 6.70. The summed E-state index contributed by atoms with van der Waals surface area (Å²) in [5, 5.41) is 0.964. The molecule has 0 spiro atoms. The van der Waals surface area contributed by atoms with E-state index in [1.54, 1.807) is 12.1 Å². The molecule has 0 N–H and O–H groups in total. The zero-order valence-corrected chi connectivity index (χ0v) is 25.6. The number of hydrogen-bond donors (Lipinski definition) is 0. The number of allylic oxidation sites excluding steroid dienone is 4. The van der Waals surface area contributed by atoms with Crippen LogP contribution in [-0.4, -0.2) is 30.1 Å². The van der Waals surface area contributed by atoms with E-state index in [2.05, 4.69) is 32.6 Å². The van der Waals surface area contributed by atoms with E-state index in [0.717, 1.165) is 46.5 Å². The van der Waals surface area contributed by atoms with E-state index in [1.807, 2.05) is 38.2 Å². The topological polar surface area (TPSA) is 55.8 Å². The summed E-state index contributed by atoms with van der Waals surface area (Å²) in [6.45, 7) is 11.2. The number of ketones is 2. The molecule has 3 aliphatic rings. The van der Waals surface area contributed by atoms with Crippen LogP contribution in [0.1, 0.15) is 77.3 Å². The highest BCUT2D eigenvalue weighted by Crippen LogP contribution is 2.54. The quantitative estimate of drug-likeness (QED) is 0.343. The SMILES string of the molecule is CCOc1cc(C2C3=C(CC(C)(C)CC3=O)N(C)C3=C2C(=O)CC(C)(C)C3)ccc1OCc1ccc(Cl)c(Cl)c1. The van der Waals surface area contributed by atoms with Gasteiger partial charge in [-0.05, 0) is 66.0 Å². The molecule has 0 atom stereocenters. The number of nitrogens with zero attached hydrogens (tertiary/aromatic N) is 1. The van der Waals surface area contributed by atoms with Gasteiger partial charge in [0.15, 0.2) is 23.1 Å². The summed E-state index contributed by atoms with van der Waals surface area (Å²) in [5.41, 5.74) is 5.05. The summed E-state index contributed by atoms with van der Waals surface area (Å²) in [6.07, 6.45) is 2.49. The van der Waals surface area contributed by atoms with Crippen molar-refractivity contribution in [3.63, 3.8) is 0 Å². The zero-order chi connectivity index (χ0) is 29.0. The first-order valence-corrected chi connectivity index (χ1v) is 14.7. The molecule has 2 aromatic rings. The van der Waals surface area contributed by atoms with E-state index in [4.69, 9.17) is 32.7 Å². The van der Waals surface area contributed by atoms with Gasteiger partial charge in [-0.1, -0.05) is 63.0 Å². The van der Waals surface area contributed by atoms with Crippen LogP contribution in [0.25, 0.3) is 0 Å². The van der Waals surface area contributed by atoms with Crippen molar-refractivity contribution < 1.29 is 19.1 Å². The molecule has 5 nitrogen and oxygen atoms in total. The van der Waals surface area contributed by atoms with Gasteiger partial charge in [-0.3, -0.25) is 9.59 Å². The Morgan fingerprint density at radius 2 is 1.40 bits per heavy atom. The van der Waals surface area contributed by atoms with Gasteiger partial charge in [-0.25, -0.2) is 0 Å². The van der Waals surface area contributed by atoms with Crippen LogP contribution in [0.5, 0.6) is 11.5 Å². The molecule has 0 saturated carbocycles. The Kier molecular flexibility index (Phi) is 7.60. The lowest BCUT2D eigenvalue weighted by atomic mass is 9.64. The van der Waals surface area contributed by atoms with Gasteiger partial charge in [0.05, 0.1) is 16.7 Å². The highest BCUT2D eigenvalue weighted by atomic mass is 35.5. The standard InChI is InChI=1S/C33H37Cl2NO4/c1-7-39-28-13-20(9-11-27(28)40-18-19-8-10-21(34)22(35)12-19)29-30-23(14-32(2,3)16-25(30)37)36(6)24-15-33(4,5)17-26(38)31(24)29/h8-13,29H,7,14-18H2,1-6H3. The molecule has 1 aliphatic heterocycles. The molecule has 40 heavy (non-hydrogen) atoms. The minimum absolute atomic E-state index is 0.116. The Morgan fingerprint density at radius 1 is 0.800 bits per heavy atom. The predicted octanol–water partition coefficient (Wildman–Crippen LogP) is 8.29. The highest BCUT2D eigenvalue weighted by molar-refractivity contribution is 6.42. The van der Waals surface area contributed by atoms with Crippen LogP contribution in [0.4, 0.5) is 0 Å². The van der Waals surface area contributed by atoms with E-state index >= 15 is 0 Å². The Bertz CT molecular complexity index is 1400. The molecule has 0 bridgehead atoms. The summed E-state index contributed by atoms with van der Waals surface area (Å²) >= 11 is 12.2. The molecule has 0 aromatic heterocycles. The average Bonchev–Trinajstić information content (AvgIpc) is 2.85. The predicted molar refractivity (Wildman–Crippen MR) is 159 cm³/mol. The molecule has 2 aromatic carbocycles. The van der Waals surface area contributed by atoms with Crippen LogP contribution >= 0.6 is 23.2 Å². The van der Waals surface area contributed by atoms with Crippen LogP contribution in [0.15, 0.2) is 58.9 Å². The van der Waals surface area contributed by atoms with Crippen LogP contribution in [0.3, 0.4) is 0 Å². The van der Waals surface area contributed by atoms with Gasteiger partial charge in [-0.15, -0.1) is 0 Å². The Labute approximate surface area is 247 Å². The van der Waals surface area contributed by atoms with E-state index in [0.29, 0.717) is 41.0 Å². The number of rotatable bonds is 6. The Hall–Kier alpha value is -2.76. The van der Waals surface area contributed by atoms with Gasteiger partial charge < -0.3 is 14.4 Å². The largest absolute Gasteiger partial charge is 0.490 e. The maximum absolute atomic E-state index is 13.8. The van der Waals surface area contributed by atoms with Crippen molar-refractivity contribution in [2.45, 2.75) is 72.8 Å². The lowest BCUT2D eigenvalue weighted by Crippen LogP contribution is -2.43. The average molecular weight is 583 g/mol. The van der Waals surface area contributed by atoms with Crippen molar-refractivity contribution in [3.8, 4) is 11.5 Å². The van der Waals surface area contributed by atoms with Gasteiger partial charge in [-0.2, -0.15) is 0 Å². The summed E-state index contributed by atoms with van der Waals surface area (Å²) in [7, 11) is 2.02. The normalized spacial score (nSPS) is 20.4.